The molecule has 0 aliphatic carbocycles. The van der Waals surface area contributed by atoms with E-state index in [1.807, 2.05) is 73.7 Å². The molecule has 3 aromatic rings. The van der Waals surface area contributed by atoms with Gasteiger partial charge in [-0.3, -0.25) is 4.79 Å². The fourth-order valence-corrected chi connectivity index (χ4v) is 3.25. The highest BCUT2D eigenvalue weighted by atomic mass is 16.5. The maximum absolute atomic E-state index is 12.4. The van der Waals surface area contributed by atoms with Crippen molar-refractivity contribution in [3.8, 4) is 17.6 Å². The van der Waals surface area contributed by atoms with E-state index in [4.69, 9.17) is 14.2 Å². The maximum atomic E-state index is 12.4. The molecule has 0 aromatic heterocycles. The minimum absolute atomic E-state index is 0.0216. The van der Waals surface area contributed by atoms with Gasteiger partial charge in [-0.25, -0.2) is 0 Å². The van der Waals surface area contributed by atoms with E-state index in [9.17, 15) is 10.1 Å². The molecule has 0 radical (unpaired) electrons. The van der Waals surface area contributed by atoms with Crippen LogP contribution in [0, 0.1) is 11.3 Å². The summed E-state index contributed by atoms with van der Waals surface area (Å²) >= 11 is 0. The number of ether oxygens (including phenoxy) is 3. The Morgan fingerprint density at radius 2 is 1.54 bits per heavy atom. The maximum Gasteiger partial charge on any atom is 0.261 e. The van der Waals surface area contributed by atoms with Crippen molar-refractivity contribution in [2.45, 2.75) is 26.6 Å². The van der Waals surface area contributed by atoms with E-state index in [2.05, 4.69) is 5.32 Å². The van der Waals surface area contributed by atoms with Gasteiger partial charge in [0, 0.05) is 19.8 Å². The van der Waals surface area contributed by atoms with Crippen molar-refractivity contribution in [1.82, 2.24) is 5.32 Å². The average Bonchev–Trinajstić information content (AvgIpc) is 2.90. The van der Waals surface area contributed by atoms with Crippen molar-refractivity contribution in [3.05, 3.63) is 101 Å². The number of amides is 1. The Kier molecular flexibility index (Phi) is 10.4. The molecule has 1 amide bonds. The van der Waals surface area contributed by atoms with Crippen molar-refractivity contribution in [2.75, 3.05) is 19.8 Å². The molecule has 0 spiro atoms. The number of hydrogen-bond acceptors (Lipinski definition) is 5. The molecule has 3 aromatic carbocycles. The lowest BCUT2D eigenvalue weighted by Crippen LogP contribution is -2.26. The molecule has 0 atom stereocenters. The van der Waals surface area contributed by atoms with E-state index in [-0.39, 0.29) is 5.57 Å². The highest BCUT2D eigenvalue weighted by Crippen LogP contribution is 2.31. The summed E-state index contributed by atoms with van der Waals surface area (Å²) in [6.45, 7) is 4.32. The summed E-state index contributed by atoms with van der Waals surface area (Å²) < 4.78 is 17.4. The summed E-state index contributed by atoms with van der Waals surface area (Å²) in [6.07, 6.45) is 2.23. The molecule has 35 heavy (non-hydrogen) atoms. The van der Waals surface area contributed by atoms with E-state index in [1.54, 1.807) is 24.3 Å². The van der Waals surface area contributed by atoms with Crippen LogP contribution in [0.15, 0.2) is 84.4 Å². The van der Waals surface area contributed by atoms with Crippen molar-refractivity contribution in [2.24, 2.45) is 0 Å². The minimum atomic E-state index is -0.417. The van der Waals surface area contributed by atoms with Crippen LogP contribution < -0.4 is 14.8 Å². The second kappa shape index (κ2) is 14.2. The van der Waals surface area contributed by atoms with Gasteiger partial charge in [-0.1, -0.05) is 66.7 Å². The lowest BCUT2D eigenvalue weighted by Gasteiger charge is -2.14. The molecular weight excluding hydrogens is 440 g/mol. The van der Waals surface area contributed by atoms with Gasteiger partial charge < -0.3 is 19.5 Å². The van der Waals surface area contributed by atoms with Gasteiger partial charge in [-0.2, -0.15) is 5.26 Å². The molecule has 1 N–H and O–H groups in total. The number of carbonyl (C=O) groups excluding carboxylic acids is 1. The van der Waals surface area contributed by atoms with Gasteiger partial charge >= 0.3 is 0 Å². The van der Waals surface area contributed by atoms with E-state index in [0.29, 0.717) is 56.5 Å². The first-order valence-corrected chi connectivity index (χ1v) is 11.6. The van der Waals surface area contributed by atoms with Gasteiger partial charge in [0.1, 0.15) is 24.9 Å². The molecule has 0 aliphatic heterocycles. The highest BCUT2D eigenvalue weighted by molar-refractivity contribution is 6.01. The van der Waals surface area contributed by atoms with Gasteiger partial charge in [-0.05, 0) is 48.2 Å². The Bertz CT molecular complexity index is 1140. The van der Waals surface area contributed by atoms with Gasteiger partial charge in [0.2, 0.25) is 0 Å². The average molecular weight is 471 g/mol. The number of carbonyl (C=O) groups is 1. The largest absolute Gasteiger partial charge is 0.485 e. The summed E-state index contributed by atoms with van der Waals surface area (Å²) in [5, 5.41) is 12.3. The normalized spacial score (nSPS) is 10.9. The predicted octanol–water partition coefficient (Wildman–Crippen LogP) is 5.29. The number of nitriles is 1. The number of rotatable bonds is 13. The van der Waals surface area contributed by atoms with Crippen molar-refractivity contribution >= 4 is 12.0 Å². The quantitative estimate of drug-likeness (QED) is 0.208. The van der Waals surface area contributed by atoms with Crippen molar-refractivity contribution < 1.29 is 19.0 Å². The van der Waals surface area contributed by atoms with Crippen LogP contribution in [0.3, 0.4) is 0 Å². The SMILES string of the molecule is CCOCCCNC(=O)C(C#N)=Cc1ccc(OCc2ccccc2)c(OCc2ccccc2)c1. The van der Waals surface area contributed by atoms with Gasteiger partial charge in [0.15, 0.2) is 11.5 Å². The molecule has 0 aliphatic rings. The predicted molar refractivity (Wildman–Crippen MR) is 136 cm³/mol. The van der Waals surface area contributed by atoms with E-state index in [0.717, 1.165) is 11.1 Å². The Labute approximate surface area is 206 Å². The van der Waals surface area contributed by atoms with Crippen LogP contribution in [0.5, 0.6) is 11.5 Å². The van der Waals surface area contributed by atoms with Crippen LogP contribution in [-0.2, 0) is 22.7 Å². The molecule has 0 heterocycles. The molecule has 0 bridgehead atoms. The van der Waals surface area contributed by atoms with Crippen LogP contribution >= 0.6 is 0 Å². The Hall–Kier alpha value is -4.08. The zero-order valence-corrected chi connectivity index (χ0v) is 19.9. The third-order valence-corrected chi connectivity index (χ3v) is 5.07. The van der Waals surface area contributed by atoms with E-state index >= 15 is 0 Å². The Morgan fingerprint density at radius 1 is 0.914 bits per heavy atom. The molecule has 3 rings (SSSR count). The third kappa shape index (κ3) is 8.65. The number of benzene rings is 3. The Balaban J connectivity index is 1.75. The van der Waals surface area contributed by atoms with E-state index in [1.165, 1.54) is 0 Å². The van der Waals surface area contributed by atoms with Crippen LogP contribution in [0.25, 0.3) is 6.08 Å². The first kappa shape index (κ1) is 25.5. The molecule has 0 saturated heterocycles. The second-order valence-corrected chi connectivity index (χ2v) is 7.73. The number of nitrogens with zero attached hydrogens (tertiary/aromatic N) is 1. The van der Waals surface area contributed by atoms with Crippen LogP contribution in [0.1, 0.15) is 30.0 Å². The van der Waals surface area contributed by atoms with E-state index < -0.39 is 5.91 Å². The lowest BCUT2D eigenvalue weighted by atomic mass is 10.1. The minimum Gasteiger partial charge on any atom is -0.485 e. The zero-order chi connectivity index (χ0) is 24.7. The van der Waals surface area contributed by atoms with Crippen LogP contribution in [0.2, 0.25) is 0 Å². The lowest BCUT2D eigenvalue weighted by molar-refractivity contribution is -0.117. The summed E-state index contributed by atoms with van der Waals surface area (Å²) in [6, 6.07) is 27.1. The molecule has 6 nitrogen and oxygen atoms in total. The number of hydrogen-bond donors (Lipinski definition) is 1. The van der Waals surface area contributed by atoms with Crippen molar-refractivity contribution in [1.29, 1.82) is 5.26 Å². The fourth-order valence-electron chi connectivity index (χ4n) is 3.25. The molecule has 0 saturated carbocycles. The van der Waals surface area contributed by atoms with Gasteiger partial charge in [0.05, 0.1) is 0 Å². The molecule has 0 fully saturated rings. The molecule has 180 valence electrons. The fraction of sp³-hybridized carbons (Fsp3) is 0.241. The van der Waals surface area contributed by atoms with Gasteiger partial charge in [-0.15, -0.1) is 0 Å². The summed E-state index contributed by atoms with van der Waals surface area (Å²) in [5.74, 6) is 0.703. The topological polar surface area (TPSA) is 80.6 Å². The standard InChI is InChI=1S/C29H30N2O4/c1-2-33-17-9-16-31-29(32)26(20-30)18-25-14-15-27(34-21-23-10-5-3-6-11-23)28(19-25)35-22-24-12-7-4-8-13-24/h3-8,10-15,18-19H,2,9,16-17,21-22H2,1H3,(H,31,32). The summed E-state index contributed by atoms with van der Waals surface area (Å²) in [5.41, 5.74) is 2.75. The Morgan fingerprint density at radius 3 is 2.14 bits per heavy atom. The summed E-state index contributed by atoms with van der Waals surface area (Å²) in [7, 11) is 0. The monoisotopic (exact) mass is 470 g/mol. The zero-order valence-electron chi connectivity index (χ0n) is 19.9. The molecular formula is C29H30N2O4. The molecule has 6 heteroatoms. The summed E-state index contributed by atoms with van der Waals surface area (Å²) in [4.78, 5) is 12.4. The van der Waals surface area contributed by atoms with Crippen molar-refractivity contribution in [3.63, 3.8) is 0 Å². The smallest absolute Gasteiger partial charge is 0.261 e. The number of nitrogens with one attached hydrogen (secondary N) is 1. The second-order valence-electron chi connectivity index (χ2n) is 7.73. The highest BCUT2D eigenvalue weighted by Gasteiger charge is 2.11. The van der Waals surface area contributed by atoms with Crippen LogP contribution in [-0.4, -0.2) is 25.7 Å². The first-order chi connectivity index (χ1) is 17.2. The molecule has 0 unspecified atom stereocenters. The first-order valence-electron chi connectivity index (χ1n) is 11.6. The van der Waals surface area contributed by atoms with Crippen LogP contribution in [0.4, 0.5) is 0 Å². The van der Waals surface area contributed by atoms with Gasteiger partial charge in [0.25, 0.3) is 5.91 Å². The third-order valence-electron chi connectivity index (χ3n) is 5.07.